The number of rotatable bonds is 2. The maximum Gasteiger partial charge on any atom is 0.251 e. The highest BCUT2D eigenvalue weighted by Crippen LogP contribution is 2.16. The molecule has 0 N–H and O–H groups in total. The van der Waals surface area contributed by atoms with E-state index >= 15 is 0 Å². The van der Waals surface area contributed by atoms with Gasteiger partial charge in [-0.05, 0) is 25.8 Å². The van der Waals surface area contributed by atoms with Crippen LogP contribution in [0.1, 0.15) is 19.8 Å². The lowest BCUT2D eigenvalue weighted by Crippen LogP contribution is -2.52. The Morgan fingerprint density at radius 1 is 1.17 bits per heavy atom. The minimum Gasteiger partial charge on any atom is -0.368 e. The summed E-state index contributed by atoms with van der Waals surface area (Å²) in [4.78, 5) is 27.3. The van der Waals surface area contributed by atoms with E-state index in [-0.39, 0.29) is 17.9 Å². The summed E-state index contributed by atoms with van der Waals surface area (Å²) in [6.07, 6.45) is 4.86. The molecule has 0 unspecified atom stereocenters. The SMILES string of the molecule is C/C=C/C(=O)N1CCN(C(=O)[C@@H]2CCCO2)CC1. The van der Waals surface area contributed by atoms with E-state index in [1.807, 2.05) is 11.8 Å². The zero-order chi connectivity index (χ0) is 13.0. The van der Waals surface area contributed by atoms with Crippen LogP contribution in [0.4, 0.5) is 0 Å². The van der Waals surface area contributed by atoms with E-state index in [9.17, 15) is 9.59 Å². The Balaban J connectivity index is 1.82. The Hall–Kier alpha value is -1.36. The third kappa shape index (κ3) is 2.90. The summed E-state index contributed by atoms with van der Waals surface area (Å²) in [5, 5.41) is 0. The molecule has 2 heterocycles. The topological polar surface area (TPSA) is 49.9 Å². The zero-order valence-corrected chi connectivity index (χ0v) is 10.8. The fraction of sp³-hybridized carbons (Fsp3) is 0.692. The number of allylic oxidation sites excluding steroid dienone is 1. The summed E-state index contributed by atoms with van der Waals surface area (Å²) in [6.45, 7) is 4.97. The van der Waals surface area contributed by atoms with E-state index < -0.39 is 0 Å². The van der Waals surface area contributed by atoms with Crippen LogP contribution in [0.2, 0.25) is 0 Å². The average molecular weight is 252 g/mol. The largest absolute Gasteiger partial charge is 0.368 e. The molecule has 100 valence electrons. The number of piperazine rings is 1. The Bertz CT molecular complexity index is 340. The van der Waals surface area contributed by atoms with Crippen LogP contribution in [-0.2, 0) is 14.3 Å². The first-order valence-corrected chi connectivity index (χ1v) is 6.54. The second kappa shape index (κ2) is 6.00. The lowest BCUT2D eigenvalue weighted by molar-refractivity contribution is -0.144. The smallest absolute Gasteiger partial charge is 0.251 e. The summed E-state index contributed by atoms with van der Waals surface area (Å²) >= 11 is 0. The first-order chi connectivity index (χ1) is 8.72. The molecule has 18 heavy (non-hydrogen) atoms. The highest BCUT2D eigenvalue weighted by Gasteiger charge is 2.30. The molecule has 0 aromatic heterocycles. The lowest BCUT2D eigenvalue weighted by Gasteiger charge is -2.35. The number of hydrogen-bond acceptors (Lipinski definition) is 3. The van der Waals surface area contributed by atoms with Crippen LogP contribution in [0.25, 0.3) is 0 Å². The first kappa shape index (κ1) is 13.1. The number of nitrogens with zero attached hydrogens (tertiary/aromatic N) is 2. The molecule has 0 bridgehead atoms. The van der Waals surface area contributed by atoms with Gasteiger partial charge < -0.3 is 14.5 Å². The van der Waals surface area contributed by atoms with Gasteiger partial charge in [0.1, 0.15) is 6.10 Å². The predicted molar refractivity (Wildman–Crippen MR) is 66.9 cm³/mol. The van der Waals surface area contributed by atoms with Crippen molar-refractivity contribution < 1.29 is 14.3 Å². The van der Waals surface area contributed by atoms with Crippen molar-refractivity contribution in [3.05, 3.63) is 12.2 Å². The highest BCUT2D eigenvalue weighted by molar-refractivity contribution is 5.88. The van der Waals surface area contributed by atoms with E-state index in [1.54, 1.807) is 17.1 Å². The number of ether oxygens (including phenoxy) is 1. The highest BCUT2D eigenvalue weighted by atomic mass is 16.5. The summed E-state index contributed by atoms with van der Waals surface area (Å²) in [5.41, 5.74) is 0. The van der Waals surface area contributed by atoms with Crippen molar-refractivity contribution in [1.29, 1.82) is 0 Å². The summed E-state index contributed by atoms with van der Waals surface area (Å²) in [7, 11) is 0. The number of hydrogen-bond donors (Lipinski definition) is 0. The van der Waals surface area contributed by atoms with Crippen molar-refractivity contribution >= 4 is 11.8 Å². The molecule has 0 radical (unpaired) electrons. The summed E-state index contributed by atoms with van der Waals surface area (Å²) in [5.74, 6) is 0.118. The molecule has 5 nitrogen and oxygen atoms in total. The second-order valence-electron chi connectivity index (χ2n) is 4.65. The molecule has 2 fully saturated rings. The van der Waals surface area contributed by atoms with E-state index in [0.717, 1.165) is 12.8 Å². The number of amides is 2. The molecule has 2 saturated heterocycles. The van der Waals surface area contributed by atoms with Gasteiger partial charge in [-0.3, -0.25) is 9.59 Å². The standard InChI is InChI=1S/C13H20N2O3/c1-2-4-12(16)14-6-8-15(9-7-14)13(17)11-5-3-10-18-11/h2,4,11H,3,5-10H2,1H3/b4-2+/t11-/m0/s1. The van der Waals surface area contributed by atoms with Gasteiger partial charge in [0.2, 0.25) is 5.91 Å². The second-order valence-corrected chi connectivity index (χ2v) is 4.65. The first-order valence-electron chi connectivity index (χ1n) is 6.54. The molecule has 2 rings (SSSR count). The minimum absolute atomic E-state index is 0.0294. The lowest BCUT2D eigenvalue weighted by atomic mass is 10.2. The number of carbonyl (C=O) groups excluding carboxylic acids is 2. The van der Waals surface area contributed by atoms with Crippen LogP contribution < -0.4 is 0 Å². The van der Waals surface area contributed by atoms with Crippen LogP contribution in [0, 0.1) is 0 Å². The summed E-state index contributed by atoms with van der Waals surface area (Å²) < 4.78 is 5.40. The normalized spacial score (nSPS) is 24.8. The fourth-order valence-corrected chi connectivity index (χ4v) is 2.37. The molecule has 5 heteroatoms. The molecule has 0 aromatic rings. The van der Waals surface area contributed by atoms with E-state index in [1.165, 1.54) is 0 Å². The van der Waals surface area contributed by atoms with E-state index in [2.05, 4.69) is 0 Å². The van der Waals surface area contributed by atoms with Crippen LogP contribution in [-0.4, -0.2) is 60.5 Å². The van der Waals surface area contributed by atoms with Gasteiger partial charge in [0.25, 0.3) is 5.91 Å². The van der Waals surface area contributed by atoms with Crippen molar-refractivity contribution in [3.8, 4) is 0 Å². The van der Waals surface area contributed by atoms with Gasteiger partial charge in [-0.15, -0.1) is 0 Å². The fourth-order valence-electron chi connectivity index (χ4n) is 2.37. The van der Waals surface area contributed by atoms with Crippen LogP contribution >= 0.6 is 0 Å². The van der Waals surface area contributed by atoms with Gasteiger partial charge in [0, 0.05) is 32.8 Å². The maximum absolute atomic E-state index is 12.1. The van der Waals surface area contributed by atoms with Gasteiger partial charge in [-0.1, -0.05) is 6.08 Å². The van der Waals surface area contributed by atoms with Crippen LogP contribution in [0.3, 0.4) is 0 Å². The Kier molecular flexibility index (Phi) is 4.36. The molecule has 0 aliphatic carbocycles. The van der Waals surface area contributed by atoms with Gasteiger partial charge in [-0.25, -0.2) is 0 Å². The Labute approximate surface area is 107 Å². The molecule has 0 saturated carbocycles. The van der Waals surface area contributed by atoms with E-state index in [4.69, 9.17) is 4.74 Å². The molecule has 0 aromatic carbocycles. The molecular weight excluding hydrogens is 232 g/mol. The molecule has 0 spiro atoms. The van der Waals surface area contributed by atoms with Gasteiger partial charge in [-0.2, -0.15) is 0 Å². The van der Waals surface area contributed by atoms with Crippen molar-refractivity contribution in [1.82, 2.24) is 9.80 Å². The molecule has 2 aliphatic rings. The third-order valence-corrected chi connectivity index (χ3v) is 3.42. The molecule has 2 aliphatic heterocycles. The van der Waals surface area contributed by atoms with Crippen molar-refractivity contribution in [2.45, 2.75) is 25.9 Å². The van der Waals surface area contributed by atoms with Gasteiger partial charge in [0.05, 0.1) is 0 Å². The summed E-state index contributed by atoms with van der Waals surface area (Å²) in [6, 6.07) is 0. The Morgan fingerprint density at radius 2 is 1.83 bits per heavy atom. The zero-order valence-electron chi connectivity index (χ0n) is 10.8. The van der Waals surface area contributed by atoms with Crippen molar-refractivity contribution in [3.63, 3.8) is 0 Å². The minimum atomic E-state index is -0.247. The molecule has 2 amide bonds. The van der Waals surface area contributed by atoms with Crippen molar-refractivity contribution in [2.75, 3.05) is 32.8 Å². The predicted octanol–water partition coefficient (Wildman–Crippen LogP) is 0.412. The Morgan fingerprint density at radius 3 is 2.39 bits per heavy atom. The van der Waals surface area contributed by atoms with Gasteiger partial charge >= 0.3 is 0 Å². The van der Waals surface area contributed by atoms with Crippen LogP contribution in [0.15, 0.2) is 12.2 Å². The third-order valence-electron chi connectivity index (χ3n) is 3.42. The monoisotopic (exact) mass is 252 g/mol. The van der Waals surface area contributed by atoms with Crippen molar-refractivity contribution in [2.24, 2.45) is 0 Å². The van der Waals surface area contributed by atoms with Gasteiger partial charge in [0.15, 0.2) is 0 Å². The quantitative estimate of drug-likeness (QED) is 0.669. The number of carbonyl (C=O) groups is 2. The van der Waals surface area contributed by atoms with Crippen LogP contribution in [0.5, 0.6) is 0 Å². The molecular formula is C13H20N2O3. The van der Waals surface area contributed by atoms with E-state index in [0.29, 0.717) is 32.8 Å². The molecule has 1 atom stereocenters. The average Bonchev–Trinajstić information content (AvgIpc) is 2.92. The maximum atomic E-state index is 12.1.